The van der Waals surface area contributed by atoms with Gasteiger partial charge >= 0.3 is 6.09 Å². The topological polar surface area (TPSA) is 118 Å². The molecule has 148 valence electrons. The molecule has 4 heterocycles. The van der Waals surface area contributed by atoms with E-state index in [2.05, 4.69) is 26.3 Å². The quantitative estimate of drug-likeness (QED) is 0.483. The summed E-state index contributed by atoms with van der Waals surface area (Å²) in [4.78, 5) is 24.7. The lowest BCUT2D eigenvalue weighted by Gasteiger charge is -2.15. The highest BCUT2D eigenvalue weighted by Gasteiger charge is 2.26. The van der Waals surface area contributed by atoms with Crippen LogP contribution in [0, 0.1) is 11.3 Å². The monoisotopic (exact) mass is 398 g/mol. The fourth-order valence-electron chi connectivity index (χ4n) is 4.09. The number of hydrogen-bond acceptors (Lipinski definition) is 5. The second-order valence-corrected chi connectivity index (χ2v) is 7.35. The second kappa shape index (κ2) is 7.04. The number of anilines is 1. The highest BCUT2D eigenvalue weighted by molar-refractivity contribution is 6.06. The zero-order chi connectivity index (χ0) is 20.7. The number of fused-ring (bicyclic) bond motifs is 2. The smallest absolute Gasteiger partial charge is 0.407 e. The molecule has 0 aliphatic carbocycles. The van der Waals surface area contributed by atoms with Crippen molar-refractivity contribution in [2.45, 2.75) is 12.5 Å². The van der Waals surface area contributed by atoms with E-state index in [9.17, 15) is 10.1 Å². The number of carbonyl (C=O) groups is 1. The van der Waals surface area contributed by atoms with Gasteiger partial charge in [0.25, 0.3) is 0 Å². The van der Waals surface area contributed by atoms with Crippen LogP contribution in [0.2, 0.25) is 0 Å². The van der Waals surface area contributed by atoms with E-state index in [1.165, 1.54) is 4.90 Å². The molecule has 0 saturated carbocycles. The summed E-state index contributed by atoms with van der Waals surface area (Å²) in [5, 5.41) is 24.1. The van der Waals surface area contributed by atoms with Gasteiger partial charge < -0.3 is 20.3 Å². The van der Waals surface area contributed by atoms with E-state index in [1.54, 1.807) is 12.4 Å². The standard InChI is InChI=1S/C22H18N6O2/c23-8-13-9-24-19-11-26-20(27-14-5-6-28(12-14)22(29)30)7-16(19)21(13)17-10-25-18-4-2-1-3-15(17)18/h1-4,7,9-11,14,25H,5-6,12H2,(H,26,27)(H,29,30)/t14-/m1/s1. The van der Waals surface area contributed by atoms with Crippen molar-refractivity contribution in [3.05, 3.63) is 54.5 Å². The maximum absolute atomic E-state index is 11.2. The van der Waals surface area contributed by atoms with E-state index < -0.39 is 6.09 Å². The number of carboxylic acid groups (broad SMARTS) is 1. The van der Waals surface area contributed by atoms with Gasteiger partial charge in [-0.05, 0) is 18.6 Å². The van der Waals surface area contributed by atoms with Gasteiger partial charge in [-0.3, -0.25) is 4.98 Å². The molecule has 1 aliphatic rings. The van der Waals surface area contributed by atoms with Crippen molar-refractivity contribution in [2.24, 2.45) is 0 Å². The molecule has 0 radical (unpaired) electrons. The van der Waals surface area contributed by atoms with Crippen molar-refractivity contribution in [3.63, 3.8) is 0 Å². The van der Waals surface area contributed by atoms with Gasteiger partial charge in [0, 0.05) is 58.9 Å². The van der Waals surface area contributed by atoms with Crippen molar-refractivity contribution in [1.29, 1.82) is 5.26 Å². The molecule has 3 N–H and O–H groups in total. The van der Waals surface area contributed by atoms with Crippen molar-refractivity contribution >= 4 is 33.7 Å². The summed E-state index contributed by atoms with van der Waals surface area (Å²) >= 11 is 0. The van der Waals surface area contributed by atoms with Crippen molar-refractivity contribution in [3.8, 4) is 17.2 Å². The van der Waals surface area contributed by atoms with Gasteiger partial charge in [0.2, 0.25) is 0 Å². The molecule has 1 saturated heterocycles. The molecule has 1 aromatic carbocycles. The number of likely N-dealkylation sites (tertiary alicyclic amines) is 1. The van der Waals surface area contributed by atoms with E-state index in [0.717, 1.165) is 33.8 Å². The average Bonchev–Trinajstić information content (AvgIpc) is 3.40. The lowest BCUT2D eigenvalue weighted by Crippen LogP contribution is -2.30. The fourth-order valence-corrected chi connectivity index (χ4v) is 4.09. The summed E-state index contributed by atoms with van der Waals surface area (Å²) in [7, 11) is 0. The van der Waals surface area contributed by atoms with Crippen LogP contribution in [0.25, 0.3) is 32.9 Å². The van der Waals surface area contributed by atoms with Crippen LogP contribution in [0.15, 0.2) is 48.9 Å². The van der Waals surface area contributed by atoms with Gasteiger partial charge in [-0.1, -0.05) is 18.2 Å². The molecular weight excluding hydrogens is 380 g/mol. The average molecular weight is 398 g/mol. The van der Waals surface area contributed by atoms with E-state index >= 15 is 0 Å². The Morgan fingerprint density at radius 1 is 1.27 bits per heavy atom. The molecule has 0 unspecified atom stereocenters. The number of aromatic amines is 1. The van der Waals surface area contributed by atoms with Crippen LogP contribution in [0.3, 0.4) is 0 Å². The van der Waals surface area contributed by atoms with Gasteiger partial charge in [0.1, 0.15) is 11.9 Å². The fraction of sp³-hybridized carbons (Fsp3) is 0.182. The number of benzene rings is 1. The molecule has 3 aromatic heterocycles. The lowest BCUT2D eigenvalue weighted by molar-refractivity contribution is 0.155. The zero-order valence-electron chi connectivity index (χ0n) is 16.0. The van der Waals surface area contributed by atoms with Gasteiger partial charge in [0.05, 0.1) is 17.3 Å². The molecule has 1 amide bonds. The molecular formula is C22H18N6O2. The summed E-state index contributed by atoms with van der Waals surface area (Å²) < 4.78 is 0. The van der Waals surface area contributed by atoms with E-state index in [1.807, 2.05) is 36.5 Å². The minimum absolute atomic E-state index is 0.00491. The molecule has 30 heavy (non-hydrogen) atoms. The first-order valence-electron chi connectivity index (χ1n) is 9.64. The minimum Gasteiger partial charge on any atom is -0.465 e. The van der Waals surface area contributed by atoms with Crippen LogP contribution in [0.1, 0.15) is 12.0 Å². The number of H-pyrrole nitrogens is 1. The number of nitrogens with one attached hydrogen (secondary N) is 2. The Hall–Kier alpha value is -4.12. The predicted molar refractivity (Wildman–Crippen MR) is 113 cm³/mol. The third-order valence-electron chi connectivity index (χ3n) is 5.54. The molecule has 1 aliphatic heterocycles. The highest BCUT2D eigenvalue weighted by Crippen LogP contribution is 2.36. The summed E-state index contributed by atoms with van der Waals surface area (Å²) in [6.07, 6.45) is 4.99. The summed E-state index contributed by atoms with van der Waals surface area (Å²) in [5.74, 6) is 0.637. The van der Waals surface area contributed by atoms with Gasteiger partial charge in [-0.2, -0.15) is 5.26 Å². The summed E-state index contributed by atoms with van der Waals surface area (Å²) in [6.45, 7) is 0.919. The Morgan fingerprint density at radius 3 is 2.93 bits per heavy atom. The molecule has 5 rings (SSSR count). The normalized spacial score (nSPS) is 16.1. The molecule has 4 aromatic rings. The minimum atomic E-state index is -0.907. The molecule has 1 fully saturated rings. The number of rotatable bonds is 3. The van der Waals surface area contributed by atoms with Gasteiger partial charge in [-0.15, -0.1) is 0 Å². The Balaban J connectivity index is 1.60. The number of amides is 1. The molecule has 8 nitrogen and oxygen atoms in total. The SMILES string of the molecule is N#Cc1cnc2cnc(N[C@@H]3CCN(C(=O)O)C3)cc2c1-c1c[nH]c2ccccc12. The van der Waals surface area contributed by atoms with Crippen molar-refractivity contribution in [1.82, 2.24) is 19.9 Å². The van der Waals surface area contributed by atoms with Crippen LogP contribution in [-0.2, 0) is 0 Å². The summed E-state index contributed by atoms with van der Waals surface area (Å²) in [5.41, 5.74) is 3.92. The van der Waals surface area contributed by atoms with Crippen LogP contribution in [0.4, 0.5) is 10.6 Å². The molecule has 0 spiro atoms. The third-order valence-corrected chi connectivity index (χ3v) is 5.54. The number of aromatic nitrogens is 3. The number of nitrogens with zero attached hydrogens (tertiary/aromatic N) is 4. The molecule has 1 atom stereocenters. The Bertz CT molecular complexity index is 1320. The Morgan fingerprint density at radius 2 is 2.13 bits per heavy atom. The molecule has 8 heteroatoms. The number of nitriles is 1. The molecule has 0 bridgehead atoms. The van der Waals surface area contributed by atoms with Crippen molar-refractivity contribution in [2.75, 3.05) is 18.4 Å². The number of pyridine rings is 2. The lowest BCUT2D eigenvalue weighted by atomic mass is 9.97. The van der Waals surface area contributed by atoms with E-state index in [0.29, 0.717) is 30.0 Å². The van der Waals surface area contributed by atoms with Crippen molar-refractivity contribution < 1.29 is 9.90 Å². The first-order valence-corrected chi connectivity index (χ1v) is 9.64. The van der Waals surface area contributed by atoms with Gasteiger partial charge in [-0.25, -0.2) is 9.78 Å². The Kier molecular flexibility index (Phi) is 4.21. The van der Waals surface area contributed by atoms with Crippen LogP contribution >= 0.6 is 0 Å². The van der Waals surface area contributed by atoms with E-state index in [4.69, 9.17) is 5.11 Å². The van der Waals surface area contributed by atoms with E-state index in [-0.39, 0.29) is 6.04 Å². The second-order valence-electron chi connectivity index (χ2n) is 7.35. The maximum Gasteiger partial charge on any atom is 0.407 e. The zero-order valence-corrected chi connectivity index (χ0v) is 16.0. The first-order chi connectivity index (χ1) is 14.6. The number of hydrogen-bond donors (Lipinski definition) is 3. The highest BCUT2D eigenvalue weighted by atomic mass is 16.4. The van der Waals surface area contributed by atoms with Crippen LogP contribution in [0.5, 0.6) is 0 Å². The van der Waals surface area contributed by atoms with Crippen LogP contribution in [-0.4, -0.2) is 50.2 Å². The predicted octanol–water partition coefficient (Wildman–Crippen LogP) is 3.81. The Labute approximate surface area is 171 Å². The largest absolute Gasteiger partial charge is 0.465 e. The summed E-state index contributed by atoms with van der Waals surface area (Å²) in [6, 6.07) is 12.1. The van der Waals surface area contributed by atoms with Gasteiger partial charge in [0.15, 0.2) is 0 Å². The van der Waals surface area contributed by atoms with Crippen LogP contribution < -0.4 is 5.32 Å². The first kappa shape index (κ1) is 17.9. The third kappa shape index (κ3) is 2.97. The maximum atomic E-state index is 11.2. The number of para-hydroxylation sites is 1.